The Morgan fingerprint density at radius 3 is 1.93 bits per heavy atom. The molecule has 57 heavy (non-hydrogen) atoms. The van der Waals surface area contributed by atoms with Crippen LogP contribution in [0.3, 0.4) is 0 Å². The van der Waals surface area contributed by atoms with E-state index >= 15 is 0 Å². The van der Waals surface area contributed by atoms with Gasteiger partial charge in [0, 0.05) is 54.9 Å². The molecule has 1 aliphatic carbocycles. The molecular formula is C52H34N4O. The molecule has 0 spiro atoms. The number of hydrogen-bond acceptors (Lipinski definition) is 4. The largest absolute Gasteiger partial charge is 0.456 e. The number of furan rings is 1. The van der Waals surface area contributed by atoms with E-state index in [0.29, 0.717) is 17.5 Å². The molecule has 0 bridgehead atoms. The first-order chi connectivity index (χ1) is 28.0. The fourth-order valence-electron chi connectivity index (χ4n) is 9.32. The van der Waals surface area contributed by atoms with E-state index in [0.717, 1.165) is 44.3 Å². The summed E-state index contributed by atoms with van der Waals surface area (Å²) in [4.78, 5) is 15.2. The molecule has 1 aliphatic rings. The van der Waals surface area contributed by atoms with Gasteiger partial charge in [-0.2, -0.15) is 0 Å². The van der Waals surface area contributed by atoms with Gasteiger partial charge in [-0.05, 0) is 88.1 Å². The van der Waals surface area contributed by atoms with E-state index in [2.05, 4.69) is 128 Å². The summed E-state index contributed by atoms with van der Waals surface area (Å²) in [6, 6.07) is 60.1. The van der Waals surface area contributed by atoms with Gasteiger partial charge in [0.2, 0.25) is 0 Å². The molecule has 0 fully saturated rings. The molecule has 3 aromatic heterocycles. The quantitative estimate of drug-likeness (QED) is 0.181. The van der Waals surface area contributed by atoms with Crippen molar-refractivity contribution < 1.29 is 4.42 Å². The molecule has 5 heteroatoms. The highest BCUT2D eigenvalue weighted by Crippen LogP contribution is 2.52. The molecule has 0 amide bonds. The minimum Gasteiger partial charge on any atom is -0.456 e. The summed E-state index contributed by atoms with van der Waals surface area (Å²) in [5.41, 5.74) is 13.1. The molecule has 268 valence electrons. The van der Waals surface area contributed by atoms with Crippen molar-refractivity contribution in [3.8, 4) is 51.0 Å². The summed E-state index contributed by atoms with van der Waals surface area (Å²) >= 11 is 0. The van der Waals surface area contributed by atoms with Crippen LogP contribution in [0.4, 0.5) is 0 Å². The molecule has 0 atom stereocenters. The van der Waals surface area contributed by atoms with Gasteiger partial charge >= 0.3 is 0 Å². The lowest BCUT2D eigenvalue weighted by Crippen LogP contribution is -2.23. The van der Waals surface area contributed by atoms with Crippen LogP contribution in [0.2, 0.25) is 0 Å². The Morgan fingerprint density at radius 1 is 0.474 bits per heavy atom. The number of hydrogen-bond donors (Lipinski definition) is 0. The summed E-state index contributed by atoms with van der Waals surface area (Å²) in [6.07, 6.45) is 0. The second-order valence-corrected chi connectivity index (χ2v) is 15.6. The van der Waals surface area contributed by atoms with Gasteiger partial charge in [0.05, 0.1) is 11.0 Å². The van der Waals surface area contributed by atoms with Crippen molar-refractivity contribution in [1.29, 1.82) is 0 Å². The first kappa shape index (κ1) is 31.9. The molecule has 0 N–H and O–H groups in total. The topological polar surface area (TPSA) is 56.7 Å². The van der Waals surface area contributed by atoms with Crippen LogP contribution in [0.5, 0.6) is 0 Å². The van der Waals surface area contributed by atoms with Crippen LogP contribution in [-0.4, -0.2) is 19.5 Å². The summed E-state index contributed by atoms with van der Waals surface area (Å²) in [6.45, 7) is 4.71. The summed E-state index contributed by atoms with van der Waals surface area (Å²) < 4.78 is 8.59. The van der Waals surface area contributed by atoms with Gasteiger partial charge in [-0.3, -0.25) is 0 Å². The SMILES string of the molecule is CC1(C)c2ccccc2-c2c3c1cccc3cc1c3ccccc3n(-c3ccc(-c4nc(-c5ccccc5)nc(-c5ccc6oc7ccccc7c6c5)n4)cc3)c21. The molecule has 0 unspecified atom stereocenters. The normalized spacial score (nSPS) is 13.2. The average molecular weight is 731 g/mol. The molecule has 0 saturated heterocycles. The number of nitrogens with zero attached hydrogens (tertiary/aromatic N) is 4. The highest BCUT2D eigenvalue weighted by Gasteiger charge is 2.35. The van der Waals surface area contributed by atoms with Crippen molar-refractivity contribution in [2.45, 2.75) is 19.3 Å². The van der Waals surface area contributed by atoms with Gasteiger partial charge in [-0.25, -0.2) is 15.0 Å². The third kappa shape index (κ3) is 4.66. The number of rotatable bonds is 4. The maximum Gasteiger partial charge on any atom is 0.164 e. The lowest BCUT2D eigenvalue weighted by Gasteiger charge is -2.35. The van der Waals surface area contributed by atoms with Crippen molar-refractivity contribution in [3.63, 3.8) is 0 Å². The van der Waals surface area contributed by atoms with Crippen molar-refractivity contribution in [2.75, 3.05) is 0 Å². The average Bonchev–Trinajstić information content (AvgIpc) is 3.80. The van der Waals surface area contributed by atoms with Gasteiger partial charge in [0.15, 0.2) is 17.5 Å². The van der Waals surface area contributed by atoms with E-state index in [1.165, 1.54) is 54.8 Å². The molecule has 12 rings (SSSR count). The van der Waals surface area contributed by atoms with Crippen molar-refractivity contribution >= 4 is 54.5 Å². The van der Waals surface area contributed by atoms with Crippen molar-refractivity contribution in [3.05, 3.63) is 181 Å². The minimum atomic E-state index is -0.130. The summed E-state index contributed by atoms with van der Waals surface area (Å²) in [5, 5.41) is 7.20. The second kappa shape index (κ2) is 11.8. The third-order valence-corrected chi connectivity index (χ3v) is 12.0. The van der Waals surface area contributed by atoms with Gasteiger partial charge in [-0.15, -0.1) is 0 Å². The van der Waals surface area contributed by atoms with Gasteiger partial charge in [0.1, 0.15) is 11.2 Å². The Bertz CT molecular complexity index is 3430. The number of aromatic nitrogens is 4. The number of benzene rings is 8. The maximum absolute atomic E-state index is 6.14. The number of fused-ring (bicyclic) bond motifs is 9. The molecule has 0 aliphatic heterocycles. The molecule has 0 saturated carbocycles. The van der Waals surface area contributed by atoms with Gasteiger partial charge in [0.25, 0.3) is 0 Å². The lowest BCUT2D eigenvalue weighted by atomic mass is 9.68. The van der Waals surface area contributed by atoms with Crippen molar-refractivity contribution in [2.24, 2.45) is 0 Å². The molecular weight excluding hydrogens is 697 g/mol. The van der Waals surface area contributed by atoms with Crippen LogP contribution in [0.25, 0.3) is 105 Å². The smallest absolute Gasteiger partial charge is 0.164 e. The fraction of sp³-hybridized carbons (Fsp3) is 0.0577. The zero-order valence-corrected chi connectivity index (χ0v) is 31.4. The standard InChI is InChI=1S/C52H34N4O/c1-52(2)41-19-9-6-18-38(41)47-46-33(15-12-20-42(46)52)29-40-36-16-7-10-21-43(36)56(48(40)47)35-26-23-32(24-27-35)50-53-49(31-13-4-3-5-14-31)54-51(55-50)34-25-28-45-39(30-34)37-17-8-11-22-44(37)57-45/h3-30H,1-2H3. The third-order valence-electron chi connectivity index (χ3n) is 12.0. The van der Waals surface area contributed by atoms with Gasteiger partial charge < -0.3 is 8.98 Å². The zero-order chi connectivity index (χ0) is 37.8. The van der Waals surface area contributed by atoms with Crippen LogP contribution >= 0.6 is 0 Å². The van der Waals surface area contributed by atoms with E-state index in [4.69, 9.17) is 19.4 Å². The predicted molar refractivity (Wildman–Crippen MR) is 233 cm³/mol. The van der Waals surface area contributed by atoms with Crippen molar-refractivity contribution in [1.82, 2.24) is 19.5 Å². The van der Waals surface area contributed by atoms with E-state index in [-0.39, 0.29) is 5.41 Å². The first-order valence-electron chi connectivity index (χ1n) is 19.4. The maximum atomic E-state index is 6.14. The van der Waals surface area contributed by atoms with E-state index < -0.39 is 0 Å². The highest BCUT2D eigenvalue weighted by molar-refractivity contribution is 6.23. The summed E-state index contributed by atoms with van der Waals surface area (Å²) in [7, 11) is 0. The monoisotopic (exact) mass is 730 g/mol. The second-order valence-electron chi connectivity index (χ2n) is 15.6. The van der Waals surface area contributed by atoms with Crippen LogP contribution in [0, 0.1) is 0 Å². The van der Waals surface area contributed by atoms with E-state index in [9.17, 15) is 0 Å². The van der Waals surface area contributed by atoms with Crippen LogP contribution in [0.1, 0.15) is 25.0 Å². The van der Waals surface area contributed by atoms with Crippen LogP contribution < -0.4 is 0 Å². The molecule has 5 nitrogen and oxygen atoms in total. The first-order valence-corrected chi connectivity index (χ1v) is 19.4. The summed E-state index contributed by atoms with van der Waals surface area (Å²) in [5.74, 6) is 1.86. The molecule has 0 radical (unpaired) electrons. The van der Waals surface area contributed by atoms with Crippen LogP contribution in [0.15, 0.2) is 174 Å². The Morgan fingerprint density at radius 2 is 1.11 bits per heavy atom. The van der Waals surface area contributed by atoms with E-state index in [1.807, 2.05) is 60.7 Å². The Hall–Kier alpha value is -7.37. The lowest BCUT2D eigenvalue weighted by molar-refractivity contribution is 0.645. The molecule has 8 aromatic carbocycles. The predicted octanol–water partition coefficient (Wildman–Crippen LogP) is 13.3. The fourth-order valence-corrected chi connectivity index (χ4v) is 9.32. The van der Waals surface area contributed by atoms with Crippen LogP contribution in [-0.2, 0) is 5.41 Å². The Labute approximate surface area is 328 Å². The zero-order valence-electron chi connectivity index (χ0n) is 31.4. The highest BCUT2D eigenvalue weighted by atomic mass is 16.3. The molecule has 11 aromatic rings. The number of para-hydroxylation sites is 2. The Kier molecular flexibility index (Phi) is 6.62. The minimum absolute atomic E-state index is 0.130. The van der Waals surface area contributed by atoms with Gasteiger partial charge in [-0.1, -0.05) is 123 Å². The molecule has 3 heterocycles. The Balaban J connectivity index is 1.06. The van der Waals surface area contributed by atoms with E-state index in [1.54, 1.807) is 0 Å².